The van der Waals surface area contributed by atoms with Gasteiger partial charge >= 0.3 is 0 Å². The van der Waals surface area contributed by atoms with E-state index in [9.17, 15) is 5.11 Å². The van der Waals surface area contributed by atoms with Crippen LogP contribution in [0.3, 0.4) is 0 Å². The number of rotatable bonds is 3. The third-order valence-electron chi connectivity index (χ3n) is 11.5. The van der Waals surface area contributed by atoms with Crippen molar-refractivity contribution >= 4 is 0 Å². The first-order chi connectivity index (χ1) is 14.9. The molecular weight excluding hydrogens is 388 g/mol. The topological polar surface area (TPSA) is 51.2 Å². The van der Waals surface area contributed by atoms with Crippen molar-refractivity contribution in [2.75, 3.05) is 13.2 Å². The number of hydrogen-bond acceptors (Lipinski definition) is 4. The van der Waals surface area contributed by atoms with Gasteiger partial charge in [0.2, 0.25) is 0 Å². The lowest BCUT2D eigenvalue weighted by atomic mass is 9.42. The van der Waals surface area contributed by atoms with Crippen LogP contribution in [0.25, 0.3) is 0 Å². The first-order valence-electron chi connectivity index (χ1n) is 13.5. The number of aliphatic hydroxyl groups excluding tert-OH is 1. The lowest BCUT2D eigenvalue weighted by Gasteiger charge is -2.63. The van der Waals surface area contributed by atoms with Crippen LogP contribution in [0, 0.1) is 46.3 Å². The summed E-state index contributed by atoms with van der Waals surface area (Å²) in [6.45, 7) is 9.37. The molecule has 1 N–H and O–H groups in total. The minimum absolute atomic E-state index is 0.0429. The van der Waals surface area contributed by atoms with E-state index >= 15 is 0 Å². The lowest BCUT2D eigenvalue weighted by molar-refractivity contribution is -0.223. The maximum atomic E-state index is 11.1. The maximum absolute atomic E-state index is 11.1. The van der Waals surface area contributed by atoms with Crippen LogP contribution >= 0.6 is 0 Å². The summed E-state index contributed by atoms with van der Waals surface area (Å²) >= 11 is 0. The van der Waals surface area contributed by atoms with E-state index in [0.29, 0.717) is 35.4 Å². The molecule has 6 fully saturated rings. The van der Waals surface area contributed by atoms with Crippen molar-refractivity contribution in [1.29, 1.82) is 0 Å². The molecule has 0 aromatic rings. The first-order valence-corrected chi connectivity index (χ1v) is 13.5. The number of fused-ring (bicyclic) bond motifs is 5. The molecule has 12 atom stereocenters. The Balaban J connectivity index is 1.22. The van der Waals surface area contributed by atoms with Crippen LogP contribution in [0.1, 0.15) is 85.0 Å². The van der Waals surface area contributed by atoms with Gasteiger partial charge in [0.1, 0.15) is 0 Å². The maximum Gasteiger partial charge on any atom is 0.157 e. The summed E-state index contributed by atoms with van der Waals surface area (Å²) in [5.74, 6) is 4.29. The molecule has 4 heteroatoms. The summed E-state index contributed by atoms with van der Waals surface area (Å²) in [7, 11) is 0. The minimum Gasteiger partial charge on any atom is -0.393 e. The third kappa shape index (κ3) is 3.29. The Kier molecular flexibility index (Phi) is 5.30. The number of ether oxygens (including phenoxy) is 3. The molecule has 0 spiro atoms. The van der Waals surface area contributed by atoms with E-state index in [4.69, 9.17) is 14.2 Å². The van der Waals surface area contributed by atoms with Gasteiger partial charge in [-0.25, -0.2) is 0 Å². The number of epoxide rings is 1. The molecule has 0 radical (unpaired) electrons. The molecule has 176 valence electrons. The smallest absolute Gasteiger partial charge is 0.157 e. The molecule has 2 aliphatic heterocycles. The number of aliphatic hydroxyl groups is 1. The normalized spacial score (nSPS) is 58.8. The Morgan fingerprint density at radius 2 is 1.77 bits per heavy atom. The fourth-order valence-electron chi connectivity index (χ4n) is 9.65. The van der Waals surface area contributed by atoms with E-state index in [0.717, 1.165) is 43.8 Å². The molecule has 31 heavy (non-hydrogen) atoms. The van der Waals surface area contributed by atoms with Crippen molar-refractivity contribution < 1.29 is 19.3 Å². The van der Waals surface area contributed by atoms with Crippen LogP contribution in [0.4, 0.5) is 0 Å². The zero-order valence-electron chi connectivity index (χ0n) is 19.9. The average Bonchev–Trinajstić information content (AvgIpc) is 3.55. The van der Waals surface area contributed by atoms with Gasteiger partial charge in [0.15, 0.2) is 6.29 Å². The van der Waals surface area contributed by atoms with Crippen LogP contribution in [0.2, 0.25) is 0 Å². The Morgan fingerprint density at radius 1 is 0.935 bits per heavy atom. The highest BCUT2D eigenvalue weighted by atomic mass is 16.7. The monoisotopic (exact) mass is 432 g/mol. The quantitative estimate of drug-likeness (QED) is 0.494. The van der Waals surface area contributed by atoms with E-state index in [1.807, 2.05) is 0 Å². The van der Waals surface area contributed by atoms with Gasteiger partial charge < -0.3 is 19.3 Å². The van der Waals surface area contributed by atoms with Crippen molar-refractivity contribution in [2.45, 2.75) is 110 Å². The Morgan fingerprint density at radius 3 is 2.52 bits per heavy atom. The van der Waals surface area contributed by atoms with Crippen molar-refractivity contribution in [3.63, 3.8) is 0 Å². The van der Waals surface area contributed by atoms with Crippen molar-refractivity contribution in [2.24, 2.45) is 46.3 Å². The first kappa shape index (κ1) is 21.4. The zero-order valence-corrected chi connectivity index (χ0v) is 19.9. The molecule has 0 bridgehead atoms. The molecule has 2 saturated heterocycles. The lowest BCUT2D eigenvalue weighted by Crippen LogP contribution is -2.58. The minimum atomic E-state index is -0.129. The van der Waals surface area contributed by atoms with Gasteiger partial charge in [0, 0.05) is 6.61 Å². The Labute approximate surface area is 188 Å². The second-order valence-corrected chi connectivity index (χ2v) is 12.7. The average molecular weight is 433 g/mol. The zero-order chi connectivity index (χ0) is 21.4. The summed E-state index contributed by atoms with van der Waals surface area (Å²) in [6.07, 6.45) is 12.8. The number of hydrogen-bond donors (Lipinski definition) is 1. The van der Waals surface area contributed by atoms with Crippen molar-refractivity contribution in [3.05, 3.63) is 0 Å². The predicted molar refractivity (Wildman–Crippen MR) is 119 cm³/mol. The molecule has 2 unspecified atom stereocenters. The van der Waals surface area contributed by atoms with Crippen LogP contribution in [-0.2, 0) is 14.2 Å². The fourth-order valence-corrected chi connectivity index (χ4v) is 9.65. The summed E-state index contributed by atoms with van der Waals surface area (Å²) in [4.78, 5) is 0. The van der Waals surface area contributed by atoms with Gasteiger partial charge in [-0.15, -0.1) is 0 Å². The molecule has 6 rings (SSSR count). The molecule has 0 aromatic carbocycles. The van der Waals surface area contributed by atoms with E-state index in [1.54, 1.807) is 0 Å². The standard InChI is InChI=1S/C27H44O4/c1-16-12-18(31-24-6-4-5-11-29-24)13-17-7-8-19-21(27(16,17)3)9-10-26(2)23(28)14-20(25(19)26)22-15-30-22/h16-25,28H,4-15H2,1-3H3/t16-,17-,18+,19+,20-,21-,22?,23+,24?,25+,26+,27-/m0/s1. The van der Waals surface area contributed by atoms with E-state index in [2.05, 4.69) is 20.8 Å². The van der Waals surface area contributed by atoms with Gasteiger partial charge in [0.25, 0.3) is 0 Å². The molecule has 0 aromatic heterocycles. The summed E-state index contributed by atoms with van der Waals surface area (Å²) < 4.78 is 18.2. The van der Waals surface area contributed by atoms with Gasteiger partial charge in [-0.05, 0) is 111 Å². The molecule has 0 amide bonds. The molecule has 2 heterocycles. The van der Waals surface area contributed by atoms with Gasteiger partial charge in [-0.1, -0.05) is 20.8 Å². The molecule has 6 aliphatic rings. The van der Waals surface area contributed by atoms with E-state index < -0.39 is 0 Å². The van der Waals surface area contributed by atoms with Crippen molar-refractivity contribution in [3.8, 4) is 0 Å². The second kappa shape index (κ2) is 7.68. The predicted octanol–water partition coefficient (Wildman–Crippen LogP) is 5.17. The Hall–Kier alpha value is -0.160. The fraction of sp³-hybridized carbons (Fsp3) is 1.00. The molecule has 4 saturated carbocycles. The summed E-state index contributed by atoms with van der Waals surface area (Å²) in [5, 5.41) is 11.1. The largest absolute Gasteiger partial charge is 0.393 e. The van der Waals surface area contributed by atoms with Gasteiger partial charge in [-0.2, -0.15) is 0 Å². The Bertz CT molecular complexity index is 672. The van der Waals surface area contributed by atoms with Crippen LogP contribution < -0.4 is 0 Å². The third-order valence-corrected chi connectivity index (χ3v) is 11.5. The highest BCUT2D eigenvalue weighted by Crippen LogP contribution is 2.69. The van der Waals surface area contributed by atoms with E-state index in [-0.39, 0.29) is 17.8 Å². The summed E-state index contributed by atoms with van der Waals surface area (Å²) in [5.41, 5.74) is 0.531. The molecule has 4 aliphatic carbocycles. The van der Waals surface area contributed by atoms with Gasteiger partial charge in [0.05, 0.1) is 24.9 Å². The van der Waals surface area contributed by atoms with Crippen LogP contribution in [0.5, 0.6) is 0 Å². The molecular formula is C27H44O4. The van der Waals surface area contributed by atoms with Gasteiger partial charge in [-0.3, -0.25) is 0 Å². The summed E-state index contributed by atoms with van der Waals surface area (Å²) in [6, 6.07) is 0. The highest BCUT2D eigenvalue weighted by Gasteiger charge is 2.65. The highest BCUT2D eigenvalue weighted by molar-refractivity contribution is 5.14. The van der Waals surface area contributed by atoms with Crippen LogP contribution in [-0.4, -0.2) is 42.9 Å². The second-order valence-electron chi connectivity index (χ2n) is 12.7. The van der Waals surface area contributed by atoms with Crippen LogP contribution in [0.15, 0.2) is 0 Å². The SMILES string of the molecule is C[C@H]1C[C@@H](OC2CCCCO2)C[C@@H]2CC[C@H]3[C@@H]4[C@H](C5CO5)C[C@@H](O)[C@@]4(C)CC[C@@H]3[C@]21C. The molecule has 4 nitrogen and oxygen atoms in total. The van der Waals surface area contributed by atoms with E-state index in [1.165, 1.54) is 51.4 Å². The van der Waals surface area contributed by atoms with Crippen molar-refractivity contribution in [1.82, 2.24) is 0 Å².